The Balaban J connectivity index is 1.96. The summed E-state index contributed by atoms with van der Waals surface area (Å²) in [7, 11) is 0. The summed E-state index contributed by atoms with van der Waals surface area (Å²) in [6, 6.07) is 6.39. The van der Waals surface area contributed by atoms with Crippen LogP contribution >= 0.6 is 0 Å². The molecular weight excluding hydrogens is 275 g/mol. The van der Waals surface area contributed by atoms with Crippen LogP contribution in [0.1, 0.15) is 52.0 Å². The van der Waals surface area contributed by atoms with Gasteiger partial charge in [0.05, 0.1) is 5.69 Å². The van der Waals surface area contributed by atoms with Crippen molar-refractivity contribution in [2.75, 3.05) is 31.1 Å². The summed E-state index contributed by atoms with van der Waals surface area (Å²) < 4.78 is 14.3. The number of rotatable bonds is 7. The van der Waals surface area contributed by atoms with Gasteiger partial charge in [0.25, 0.3) is 0 Å². The minimum absolute atomic E-state index is 0.0585. The molecule has 0 bridgehead atoms. The second-order valence-corrected chi connectivity index (χ2v) is 6.39. The number of benzene rings is 1. The van der Waals surface area contributed by atoms with Crippen molar-refractivity contribution in [3.05, 3.63) is 29.6 Å². The molecule has 2 nitrogen and oxygen atoms in total. The van der Waals surface area contributed by atoms with E-state index in [-0.39, 0.29) is 5.82 Å². The van der Waals surface area contributed by atoms with Crippen LogP contribution < -0.4 is 4.90 Å². The fourth-order valence-corrected chi connectivity index (χ4v) is 3.55. The predicted octanol–water partition coefficient (Wildman–Crippen LogP) is 4.48. The molecule has 1 heterocycles. The molecule has 1 fully saturated rings. The fraction of sp³-hybridized carbons (Fsp3) is 0.684. The highest BCUT2D eigenvalue weighted by molar-refractivity contribution is 5.49. The molecule has 0 amide bonds. The Morgan fingerprint density at radius 3 is 2.23 bits per heavy atom. The van der Waals surface area contributed by atoms with E-state index in [1.165, 1.54) is 25.9 Å². The number of nitrogens with zero attached hydrogens (tertiary/aromatic N) is 2. The highest BCUT2D eigenvalue weighted by Crippen LogP contribution is 2.26. The Labute approximate surface area is 135 Å². The monoisotopic (exact) mass is 306 g/mol. The molecule has 3 heteroatoms. The summed E-state index contributed by atoms with van der Waals surface area (Å²) >= 11 is 0. The van der Waals surface area contributed by atoms with Crippen LogP contribution in [0.4, 0.5) is 10.1 Å². The van der Waals surface area contributed by atoms with Crippen LogP contribution in [0.15, 0.2) is 18.2 Å². The summed E-state index contributed by atoms with van der Waals surface area (Å²) in [5.74, 6) is -0.0585. The van der Waals surface area contributed by atoms with Gasteiger partial charge in [-0.25, -0.2) is 4.39 Å². The van der Waals surface area contributed by atoms with E-state index in [1.54, 1.807) is 6.07 Å². The Morgan fingerprint density at radius 1 is 1.09 bits per heavy atom. The first-order valence-electron chi connectivity index (χ1n) is 8.97. The summed E-state index contributed by atoms with van der Waals surface area (Å²) in [5, 5.41) is 0. The molecule has 0 unspecified atom stereocenters. The zero-order chi connectivity index (χ0) is 15.9. The SMILES string of the molecule is CCCN(CCC)C1CCN(c2ccc(CC)cc2F)CC1. The van der Waals surface area contributed by atoms with Crippen LogP contribution in [0, 0.1) is 5.82 Å². The predicted molar refractivity (Wildman–Crippen MR) is 93.2 cm³/mol. The smallest absolute Gasteiger partial charge is 0.146 e. The molecule has 1 aliphatic rings. The quantitative estimate of drug-likeness (QED) is 0.733. The van der Waals surface area contributed by atoms with Crippen LogP contribution in [0.25, 0.3) is 0 Å². The highest BCUT2D eigenvalue weighted by Gasteiger charge is 2.25. The number of hydrogen-bond donors (Lipinski definition) is 0. The van der Waals surface area contributed by atoms with Gasteiger partial charge in [0.15, 0.2) is 0 Å². The molecule has 1 aromatic rings. The third-order valence-electron chi connectivity index (χ3n) is 4.76. The molecule has 0 saturated carbocycles. The van der Waals surface area contributed by atoms with Gasteiger partial charge >= 0.3 is 0 Å². The van der Waals surface area contributed by atoms with Gasteiger partial charge in [-0.2, -0.15) is 0 Å². The third kappa shape index (κ3) is 4.22. The van der Waals surface area contributed by atoms with Gasteiger partial charge in [-0.05, 0) is 62.9 Å². The van der Waals surface area contributed by atoms with Gasteiger partial charge in [0, 0.05) is 19.1 Å². The average Bonchev–Trinajstić information content (AvgIpc) is 2.55. The second kappa shape index (κ2) is 8.52. The Kier molecular flexibility index (Phi) is 6.69. The van der Waals surface area contributed by atoms with Gasteiger partial charge in [-0.15, -0.1) is 0 Å². The summed E-state index contributed by atoms with van der Waals surface area (Å²) in [4.78, 5) is 4.86. The Morgan fingerprint density at radius 2 is 1.73 bits per heavy atom. The lowest BCUT2D eigenvalue weighted by atomic mass is 10.0. The van der Waals surface area contributed by atoms with Gasteiger partial charge in [0.1, 0.15) is 5.82 Å². The van der Waals surface area contributed by atoms with E-state index in [0.717, 1.165) is 43.6 Å². The van der Waals surface area contributed by atoms with Gasteiger partial charge < -0.3 is 9.80 Å². The number of aryl methyl sites for hydroxylation is 1. The lowest BCUT2D eigenvalue weighted by molar-refractivity contribution is 0.169. The van der Waals surface area contributed by atoms with E-state index in [9.17, 15) is 4.39 Å². The summed E-state index contributed by atoms with van der Waals surface area (Å²) in [6.07, 6.45) is 5.62. The van der Waals surface area contributed by atoms with Crippen molar-refractivity contribution in [2.24, 2.45) is 0 Å². The number of hydrogen-bond acceptors (Lipinski definition) is 2. The average molecular weight is 306 g/mol. The highest BCUT2D eigenvalue weighted by atomic mass is 19.1. The van der Waals surface area contributed by atoms with Crippen molar-refractivity contribution in [1.82, 2.24) is 4.90 Å². The van der Waals surface area contributed by atoms with E-state index in [2.05, 4.69) is 36.6 Å². The molecule has 1 aromatic carbocycles. The lowest BCUT2D eigenvalue weighted by Crippen LogP contribution is -2.45. The molecule has 0 aromatic heterocycles. The number of halogens is 1. The third-order valence-corrected chi connectivity index (χ3v) is 4.76. The lowest BCUT2D eigenvalue weighted by Gasteiger charge is -2.39. The molecule has 0 aliphatic carbocycles. The van der Waals surface area contributed by atoms with Crippen molar-refractivity contribution < 1.29 is 4.39 Å². The minimum atomic E-state index is -0.0585. The second-order valence-electron chi connectivity index (χ2n) is 6.39. The van der Waals surface area contributed by atoms with Gasteiger partial charge in [-0.1, -0.05) is 26.8 Å². The van der Waals surface area contributed by atoms with Crippen molar-refractivity contribution in [3.63, 3.8) is 0 Å². The van der Waals surface area contributed by atoms with E-state index in [0.29, 0.717) is 6.04 Å². The first-order chi connectivity index (χ1) is 10.7. The van der Waals surface area contributed by atoms with E-state index >= 15 is 0 Å². The topological polar surface area (TPSA) is 6.48 Å². The van der Waals surface area contributed by atoms with Gasteiger partial charge in [-0.3, -0.25) is 0 Å². The van der Waals surface area contributed by atoms with Crippen LogP contribution in [0.2, 0.25) is 0 Å². The minimum Gasteiger partial charge on any atom is -0.369 e. The maximum atomic E-state index is 14.3. The van der Waals surface area contributed by atoms with Crippen molar-refractivity contribution in [1.29, 1.82) is 0 Å². The molecule has 22 heavy (non-hydrogen) atoms. The van der Waals surface area contributed by atoms with Crippen LogP contribution in [-0.2, 0) is 6.42 Å². The van der Waals surface area contributed by atoms with Crippen molar-refractivity contribution >= 4 is 5.69 Å². The maximum absolute atomic E-state index is 14.3. The molecule has 1 saturated heterocycles. The largest absolute Gasteiger partial charge is 0.369 e. The van der Waals surface area contributed by atoms with Crippen molar-refractivity contribution in [3.8, 4) is 0 Å². The molecule has 0 N–H and O–H groups in total. The molecule has 0 spiro atoms. The van der Waals surface area contributed by atoms with E-state index in [4.69, 9.17) is 0 Å². The molecule has 2 rings (SSSR count). The first-order valence-corrected chi connectivity index (χ1v) is 8.97. The van der Waals surface area contributed by atoms with Gasteiger partial charge in [0.2, 0.25) is 0 Å². The summed E-state index contributed by atoms with van der Waals surface area (Å²) in [6.45, 7) is 10.9. The zero-order valence-electron chi connectivity index (χ0n) is 14.4. The normalized spacial score (nSPS) is 16.5. The Hall–Kier alpha value is -1.09. The van der Waals surface area contributed by atoms with E-state index < -0.39 is 0 Å². The maximum Gasteiger partial charge on any atom is 0.146 e. The van der Waals surface area contributed by atoms with Crippen LogP contribution in [-0.4, -0.2) is 37.1 Å². The first kappa shape index (κ1) is 17.3. The zero-order valence-corrected chi connectivity index (χ0v) is 14.4. The number of anilines is 1. The summed E-state index contributed by atoms with van der Waals surface area (Å²) in [5.41, 5.74) is 1.86. The number of piperidine rings is 1. The fourth-order valence-electron chi connectivity index (χ4n) is 3.55. The molecule has 124 valence electrons. The van der Waals surface area contributed by atoms with Crippen LogP contribution in [0.3, 0.4) is 0 Å². The van der Waals surface area contributed by atoms with Crippen LogP contribution in [0.5, 0.6) is 0 Å². The molecule has 1 aliphatic heterocycles. The molecular formula is C19H31FN2. The van der Waals surface area contributed by atoms with Crippen molar-refractivity contribution in [2.45, 2.75) is 58.9 Å². The van der Waals surface area contributed by atoms with E-state index in [1.807, 2.05) is 6.07 Å². The standard InChI is InChI=1S/C19H31FN2/c1-4-11-21(12-5-2)17-9-13-22(14-10-17)19-8-7-16(6-3)15-18(19)20/h7-8,15,17H,4-6,9-14H2,1-3H3. The Bertz CT molecular complexity index is 447. The molecule has 0 atom stereocenters. The molecule has 0 radical (unpaired) electrons.